The molecule has 2 unspecified atom stereocenters. The molecule has 0 amide bonds. The number of rotatable bonds is 2. The lowest BCUT2D eigenvalue weighted by Gasteiger charge is -2.27. The highest BCUT2D eigenvalue weighted by Gasteiger charge is 2.22. The van der Waals surface area contributed by atoms with E-state index in [9.17, 15) is 0 Å². The summed E-state index contributed by atoms with van der Waals surface area (Å²) in [4.78, 5) is 7.94. The zero-order valence-corrected chi connectivity index (χ0v) is 8.10. The van der Waals surface area contributed by atoms with E-state index in [1.54, 1.807) is 12.4 Å². The minimum Gasteiger partial charge on any atom is -0.381 e. The predicted molar refractivity (Wildman–Crippen MR) is 52.5 cm³/mol. The molecule has 2 heterocycles. The Labute approximate surface area is 83.5 Å². The molecule has 0 bridgehead atoms. The van der Waals surface area contributed by atoms with Crippen molar-refractivity contribution < 1.29 is 4.74 Å². The summed E-state index contributed by atoms with van der Waals surface area (Å²) in [6.07, 6.45) is 7.33. The molecule has 1 saturated heterocycles. The molecule has 0 aliphatic carbocycles. The van der Waals surface area contributed by atoms with Crippen LogP contribution in [0.4, 0.5) is 0 Å². The lowest BCUT2D eigenvalue weighted by molar-refractivity contribution is 0.0447. The van der Waals surface area contributed by atoms with Crippen LogP contribution in [0.5, 0.6) is 0 Å². The summed E-state index contributed by atoms with van der Waals surface area (Å²) in [6.45, 7) is 1.63. The largest absolute Gasteiger partial charge is 0.381 e. The van der Waals surface area contributed by atoms with Crippen LogP contribution in [0.25, 0.3) is 0 Å². The standard InChI is InChI=1S/C10H15N3O/c11-10(8-2-1-3-14-6-8)9-4-12-7-13-5-9/h4-5,7-8,10H,1-3,6,11H2. The minimum absolute atomic E-state index is 0.0106. The van der Waals surface area contributed by atoms with Crippen molar-refractivity contribution in [1.29, 1.82) is 0 Å². The van der Waals surface area contributed by atoms with Gasteiger partial charge in [0.2, 0.25) is 0 Å². The number of nitrogens with two attached hydrogens (primary N) is 1. The molecule has 1 aromatic heterocycles. The van der Waals surface area contributed by atoms with Crippen LogP contribution in [-0.4, -0.2) is 23.2 Å². The predicted octanol–water partition coefficient (Wildman–Crippen LogP) is 0.903. The fourth-order valence-electron chi connectivity index (χ4n) is 1.80. The summed E-state index contributed by atoms with van der Waals surface area (Å²) < 4.78 is 5.40. The van der Waals surface area contributed by atoms with Crippen LogP contribution in [0.15, 0.2) is 18.7 Å². The van der Waals surface area contributed by atoms with E-state index in [1.807, 2.05) is 0 Å². The first-order valence-corrected chi connectivity index (χ1v) is 4.96. The van der Waals surface area contributed by atoms with Crippen molar-refractivity contribution >= 4 is 0 Å². The van der Waals surface area contributed by atoms with E-state index in [2.05, 4.69) is 9.97 Å². The average Bonchev–Trinajstić information content (AvgIpc) is 2.30. The van der Waals surface area contributed by atoms with E-state index in [4.69, 9.17) is 10.5 Å². The molecule has 2 atom stereocenters. The number of aromatic nitrogens is 2. The minimum atomic E-state index is 0.0106. The molecular formula is C10H15N3O. The maximum atomic E-state index is 6.11. The molecule has 2 N–H and O–H groups in total. The van der Waals surface area contributed by atoms with Gasteiger partial charge in [0.1, 0.15) is 6.33 Å². The second-order valence-electron chi connectivity index (χ2n) is 3.67. The van der Waals surface area contributed by atoms with Crippen LogP contribution < -0.4 is 5.73 Å². The zero-order chi connectivity index (χ0) is 9.80. The highest BCUT2D eigenvalue weighted by molar-refractivity contribution is 5.09. The van der Waals surface area contributed by atoms with Crippen LogP contribution >= 0.6 is 0 Å². The Balaban J connectivity index is 2.03. The van der Waals surface area contributed by atoms with Crippen LogP contribution in [0.1, 0.15) is 24.4 Å². The smallest absolute Gasteiger partial charge is 0.115 e. The van der Waals surface area contributed by atoms with Gasteiger partial charge >= 0.3 is 0 Å². The maximum Gasteiger partial charge on any atom is 0.115 e. The second kappa shape index (κ2) is 4.48. The van der Waals surface area contributed by atoms with Crippen molar-refractivity contribution in [2.75, 3.05) is 13.2 Å². The first-order chi connectivity index (χ1) is 6.88. The SMILES string of the molecule is NC(c1cncnc1)C1CCCOC1. The van der Waals surface area contributed by atoms with Crippen LogP contribution in [0.3, 0.4) is 0 Å². The lowest BCUT2D eigenvalue weighted by atomic mass is 9.91. The van der Waals surface area contributed by atoms with Crippen LogP contribution in [-0.2, 0) is 4.74 Å². The van der Waals surface area contributed by atoms with Gasteiger partial charge in [0.05, 0.1) is 6.61 Å². The third-order valence-electron chi connectivity index (χ3n) is 2.67. The highest BCUT2D eigenvalue weighted by Crippen LogP contribution is 2.25. The van der Waals surface area contributed by atoms with Gasteiger partial charge in [-0.15, -0.1) is 0 Å². The third-order valence-corrected chi connectivity index (χ3v) is 2.67. The molecule has 0 radical (unpaired) electrons. The topological polar surface area (TPSA) is 61.0 Å². The molecule has 0 spiro atoms. The van der Waals surface area contributed by atoms with Gasteiger partial charge in [-0.25, -0.2) is 9.97 Å². The summed E-state index contributed by atoms with van der Waals surface area (Å²) in [5.41, 5.74) is 7.11. The van der Waals surface area contributed by atoms with Crippen molar-refractivity contribution in [3.63, 3.8) is 0 Å². The van der Waals surface area contributed by atoms with Gasteiger partial charge < -0.3 is 10.5 Å². The van der Waals surface area contributed by atoms with E-state index in [0.29, 0.717) is 5.92 Å². The molecule has 4 nitrogen and oxygen atoms in total. The van der Waals surface area contributed by atoms with Gasteiger partial charge in [-0.3, -0.25) is 0 Å². The van der Waals surface area contributed by atoms with Crippen molar-refractivity contribution in [2.24, 2.45) is 11.7 Å². The van der Waals surface area contributed by atoms with Crippen molar-refractivity contribution in [3.05, 3.63) is 24.3 Å². The van der Waals surface area contributed by atoms with E-state index < -0.39 is 0 Å². The van der Waals surface area contributed by atoms with Gasteiger partial charge in [-0.1, -0.05) is 0 Å². The van der Waals surface area contributed by atoms with Gasteiger partial charge in [-0.2, -0.15) is 0 Å². The fourth-order valence-corrected chi connectivity index (χ4v) is 1.80. The summed E-state index contributed by atoms with van der Waals surface area (Å²) in [5.74, 6) is 0.412. The monoisotopic (exact) mass is 193 g/mol. The molecule has 14 heavy (non-hydrogen) atoms. The molecule has 2 rings (SSSR count). The van der Waals surface area contributed by atoms with Crippen LogP contribution in [0, 0.1) is 5.92 Å². The Morgan fingerprint density at radius 1 is 1.43 bits per heavy atom. The molecule has 1 aliphatic heterocycles. The van der Waals surface area contributed by atoms with Gasteiger partial charge in [0, 0.05) is 36.5 Å². The van der Waals surface area contributed by atoms with Crippen molar-refractivity contribution in [3.8, 4) is 0 Å². The van der Waals surface area contributed by atoms with Gasteiger partial charge in [0.15, 0.2) is 0 Å². The van der Waals surface area contributed by atoms with Crippen molar-refractivity contribution in [1.82, 2.24) is 9.97 Å². The second-order valence-corrected chi connectivity index (χ2v) is 3.67. The zero-order valence-electron chi connectivity index (χ0n) is 8.10. The van der Waals surface area contributed by atoms with E-state index in [-0.39, 0.29) is 6.04 Å². The van der Waals surface area contributed by atoms with Crippen molar-refractivity contribution in [2.45, 2.75) is 18.9 Å². The molecule has 1 aromatic rings. The molecule has 4 heteroatoms. The number of nitrogens with zero attached hydrogens (tertiary/aromatic N) is 2. The number of hydrogen-bond acceptors (Lipinski definition) is 4. The maximum absolute atomic E-state index is 6.11. The molecule has 76 valence electrons. The van der Waals surface area contributed by atoms with E-state index in [0.717, 1.165) is 31.6 Å². The van der Waals surface area contributed by atoms with Gasteiger partial charge in [-0.05, 0) is 12.8 Å². The molecular weight excluding hydrogens is 178 g/mol. The third kappa shape index (κ3) is 2.08. The molecule has 1 aliphatic rings. The fraction of sp³-hybridized carbons (Fsp3) is 0.600. The molecule has 0 saturated carbocycles. The van der Waals surface area contributed by atoms with Crippen LogP contribution in [0.2, 0.25) is 0 Å². The number of ether oxygens (including phenoxy) is 1. The first kappa shape index (κ1) is 9.55. The summed E-state index contributed by atoms with van der Waals surface area (Å²) >= 11 is 0. The highest BCUT2D eigenvalue weighted by atomic mass is 16.5. The molecule has 0 aromatic carbocycles. The lowest BCUT2D eigenvalue weighted by Crippen LogP contribution is -2.29. The Bertz CT molecular complexity index is 272. The normalized spacial score (nSPS) is 24.5. The molecule has 1 fully saturated rings. The quantitative estimate of drug-likeness (QED) is 0.758. The Kier molecular flexibility index (Phi) is 3.06. The van der Waals surface area contributed by atoms with Gasteiger partial charge in [0.25, 0.3) is 0 Å². The summed E-state index contributed by atoms with van der Waals surface area (Å²) in [7, 11) is 0. The Hall–Kier alpha value is -1.00. The average molecular weight is 193 g/mol. The first-order valence-electron chi connectivity index (χ1n) is 4.96. The Morgan fingerprint density at radius 3 is 2.86 bits per heavy atom. The van der Waals surface area contributed by atoms with E-state index in [1.165, 1.54) is 6.33 Å². The summed E-state index contributed by atoms with van der Waals surface area (Å²) in [6, 6.07) is 0.0106. The van der Waals surface area contributed by atoms with E-state index >= 15 is 0 Å². The summed E-state index contributed by atoms with van der Waals surface area (Å²) in [5, 5.41) is 0. The number of hydrogen-bond donors (Lipinski definition) is 1. The Morgan fingerprint density at radius 2 is 2.21 bits per heavy atom.